The highest BCUT2D eigenvalue weighted by molar-refractivity contribution is 5.94. The van der Waals surface area contributed by atoms with Gasteiger partial charge in [0, 0.05) is 18.9 Å². The van der Waals surface area contributed by atoms with Gasteiger partial charge in [0.1, 0.15) is 29.3 Å². The van der Waals surface area contributed by atoms with Crippen LogP contribution < -0.4 is 10.9 Å². The van der Waals surface area contributed by atoms with Crippen molar-refractivity contribution in [2.45, 2.75) is 20.0 Å². The van der Waals surface area contributed by atoms with Gasteiger partial charge in [0.15, 0.2) is 0 Å². The minimum Gasteiger partial charge on any atom is -0.335 e. The van der Waals surface area contributed by atoms with E-state index in [1.807, 2.05) is 0 Å². The fraction of sp³-hybridized carbons (Fsp3) is 0.211. The van der Waals surface area contributed by atoms with E-state index >= 15 is 0 Å². The summed E-state index contributed by atoms with van der Waals surface area (Å²) in [5.74, 6) is -1.43. The smallest absolute Gasteiger partial charge is 0.263 e. The van der Waals surface area contributed by atoms with Crippen LogP contribution in [0.3, 0.4) is 0 Å². The number of aryl methyl sites for hydroxylation is 1. The molecule has 0 atom stereocenters. The van der Waals surface area contributed by atoms with Crippen LogP contribution in [0, 0.1) is 12.7 Å². The van der Waals surface area contributed by atoms with Gasteiger partial charge in [0.25, 0.3) is 11.5 Å². The lowest BCUT2D eigenvalue weighted by Crippen LogP contribution is -2.35. The summed E-state index contributed by atoms with van der Waals surface area (Å²) in [6, 6.07) is 8.14. The number of carbonyl (C=O) groups excluding carboxylic acids is 2. The summed E-state index contributed by atoms with van der Waals surface area (Å²) in [6.07, 6.45) is 1.41. The Bertz CT molecular complexity index is 1090. The number of nitrogens with one attached hydrogen (secondary N) is 1. The summed E-state index contributed by atoms with van der Waals surface area (Å²) >= 11 is 0. The van der Waals surface area contributed by atoms with Gasteiger partial charge in [-0.2, -0.15) is 0 Å². The molecule has 3 aromatic rings. The van der Waals surface area contributed by atoms with Gasteiger partial charge in [-0.15, -0.1) is 0 Å². The Balaban J connectivity index is 1.72. The monoisotopic (exact) mass is 399 g/mol. The number of carbonyl (C=O) groups is 2. The molecule has 10 heteroatoms. The Kier molecular flexibility index (Phi) is 5.82. The fourth-order valence-corrected chi connectivity index (χ4v) is 2.61. The van der Waals surface area contributed by atoms with Crippen molar-refractivity contribution in [3.63, 3.8) is 0 Å². The number of nitrogens with zero attached hydrogens (tertiary/aromatic N) is 4. The van der Waals surface area contributed by atoms with Gasteiger partial charge in [-0.1, -0.05) is 10.3 Å². The molecule has 1 aromatic carbocycles. The second kappa shape index (κ2) is 8.46. The van der Waals surface area contributed by atoms with Crippen molar-refractivity contribution < 1.29 is 18.6 Å². The number of halogens is 1. The standard InChI is InChI=1S/C19H18FN5O4/c1-12-16(23-29-22-12)10-24(2)18(27)15-4-3-9-25(19(15)28)11-17(26)21-14-7-5-13(20)6-8-14/h3-9H,10-11H2,1-2H3,(H,21,26). The third-order valence-corrected chi connectivity index (χ3v) is 4.17. The minimum absolute atomic E-state index is 0.0845. The summed E-state index contributed by atoms with van der Waals surface area (Å²) in [7, 11) is 1.52. The van der Waals surface area contributed by atoms with Crippen LogP contribution in [-0.4, -0.2) is 38.6 Å². The molecule has 0 saturated carbocycles. The average Bonchev–Trinajstić information content (AvgIpc) is 3.09. The Labute approximate surface area is 164 Å². The van der Waals surface area contributed by atoms with Crippen LogP contribution in [-0.2, 0) is 17.9 Å². The van der Waals surface area contributed by atoms with Gasteiger partial charge in [0.2, 0.25) is 5.91 Å². The third-order valence-electron chi connectivity index (χ3n) is 4.17. The Morgan fingerprint density at radius 3 is 2.59 bits per heavy atom. The fourth-order valence-electron chi connectivity index (χ4n) is 2.61. The van der Waals surface area contributed by atoms with Crippen LogP contribution in [0.25, 0.3) is 0 Å². The van der Waals surface area contributed by atoms with Crippen molar-refractivity contribution in [1.29, 1.82) is 0 Å². The maximum absolute atomic E-state index is 12.9. The van der Waals surface area contributed by atoms with E-state index in [2.05, 4.69) is 20.3 Å². The molecule has 0 bridgehead atoms. The molecule has 0 aliphatic carbocycles. The van der Waals surface area contributed by atoms with Gasteiger partial charge in [0.05, 0.1) is 6.54 Å². The molecule has 9 nitrogen and oxygen atoms in total. The first-order valence-electron chi connectivity index (χ1n) is 8.63. The van der Waals surface area contributed by atoms with Gasteiger partial charge in [-0.25, -0.2) is 9.02 Å². The van der Waals surface area contributed by atoms with Crippen molar-refractivity contribution in [1.82, 2.24) is 19.8 Å². The molecule has 0 unspecified atom stereocenters. The van der Waals surface area contributed by atoms with E-state index in [-0.39, 0.29) is 18.7 Å². The van der Waals surface area contributed by atoms with Crippen molar-refractivity contribution >= 4 is 17.5 Å². The topological polar surface area (TPSA) is 110 Å². The first-order chi connectivity index (χ1) is 13.8. The molecule has 3 rings (SSSR count). The maximum Gasteiger partial charge on any atom is 0.263 e. The van der Waals surface area contributed by atoms with Crippen LogP contribution in [0.1, 0.15) is 21.7 Å². The molecule has 2 amide bonds. The highest BCUT2D eigenvalue weighted by Crippen LogP contribution is 2.09. The predicted octanol–water partition coefficient (Wildman–Crippen LogP) is 1.59. The van der Waals surface area contributed by atoms with E-state index in [0.717, 1.165) is 4.57 Å². The molecule has 29 heavy (non-hydrogen) atoms. The third kappa shape index (κ3) is 4.72. The molecule has 0 saturated heterocycles. The van der Waals surface area contributed by atoms with Crippen LogP contribution in [0.2, 0.25) is 0 Å². The highest BCUT2D eigenvalue weighted by atomic mass is 19.1. The van der Waals surface area contributed by atoms with Gasteiger partial charge >= 0.3 is 0 Å². The van der Waals surface area contributed by atoms with Crippen LogP contribution in [0.15, 0.2) is 52.0 Å². The van der Waals surface area contributed by atoms with Gasteiger partial charge in [-0.3, -0.25) is 14.4 Å². The normalized spacial score (nSPS) is 10.6. The van der Waals surface area contributed by atoms with Crippen molar-refractivity contribution in [3.05, 3.63) is 75.7 Å². The lowest BCUT2D eigenvalue weighted by atomic mass is 10.2. The summed E-state index contributed by atoms with van der Waals surface area (Å²) in [5.41, 5.74) is 0.740. The zero-order chi connectivity index (χ0) is 21.0. The molecule has 2 heterocycles. The first-order valence-corrected chi connectivity index (χ1v) is 8.63. The molecule has 2 aromatic heterocycles. The maximum atomic E-state index is 12.9. The number of pyridine rings is 1. The van der Waals surface area contributed by atoms with Crippen LogP contribution >= 0.6 is 0 Å². The minimum atomic E-state index is -0.603. The van der Waals surface area contributed by atoms with Crippen LogP contribution in [0.4, 0.5) is 10.1 Å². The molecule has 0 spiro atoms. The lowest BCUT2D eigenvalue weighted by molar-refractivity contribution is -0.116. The largest absolute Gasteiger partial charge is 0.335 e. The number of amides is 2. The van der Waals surface area contributed by atoms with Crippen LogP contribution in [0.5, 0.6) is 0 Å². The molecular formula is C19H18FN5O4. The molecule has 0 fully saturated rings. The summed E-state index contributed by atoms with van der Waals surface area (Å²) < 4.78 is 18.7. The quantitative estimate of drug-likeness (QED) is 0.674. The molecular weight excluding hydrogens is 381 g/mol. The number of anilines is 1. The van der Waals surface area contributed by atoms with Crippen molar-refractivity contribution in [3.8, 4) is 0 Å². The SMILES string of the molecule is Cc1nonc1CN(C)C(=O)c1cccn(CC(=O)Nc2ccc(F)cc2)c1=O. The Hall–Kier alpha value is -3.82. The molecule has 1 N–H and O–H groups in total. The van der Waals surface area contributed by atoms with Crippen molar-refractivity contribution in [2.75, 3.05) is 12.4 Å². The lowest BCUT2D eigenvalue weighted by Gasteiger charge is -2.16. The van der Waals surface area contributed by atoms with Gasteiger partial charge < -0.3 is 14.8 Å². The van der Waals surface area contributed by atoms with E-state index in [0.29, 0.717) is 17.1 Å². The van der Waals surface area contributed by atoms with E-state index < -0.39 is 23.2 Å². The van der Waals surface area contributed by atoms with Gasteiger partial charge in [-0.05, 0) is 43.3 Å². The van der Waals surface area contributed by atoms with E-state index in [1.54, 1.807) is 6.92 Å². The number of aromatic nitrogens is 3. The summed E-state index contributed by atoms with van der Waals surface area (Å²) in [6.45, 7) is 1.51. The molecule has 0 radical (unpaired) electrons. The second-order valence-electron chi connectivity index (χ2n) is 6.37. The summed E-state index contributed by atoms with van der Waals surface area (Å²) in [4.78, 5) is 38.8. The highest BCUT2D eigenvalue weighted by Gasteiger charge is 2.19. The zero-order valence-electron chi connectivity index (χ0n) is 15.8. The second-order valence-corrected chi connectivity index (χ2v) is 6.37. The molecule has 0 aliphatic rings. The summed E-state index contributed by atoms with van der Waals surface area (Å²) in [5, 5.41) is 9.93. The Morgan fingerprint density at radius 2 is 1.93 bits per heavy atom. The number of benzene rings is 1. The number of hydrogen-bond donors (Lipinski definition) is 1. The average molecular weight is 399 g/mol. The van der Waals surface area contributed by atoms with E-state index in [1.165, 1.54) is 54.5 Å². The first kappa shape index (κ1) is 19.9. The molecule has 150 valence electrons. The predicted molar refractivity (Wildman–Crippen MR) is 101 cm³/mol. The number of hydrogen-bond acceptors (Lipinski definition) is 6. The number of rotatable bonds is 6. The van der Waals surface area contributed by atoms with E-state index in [4.69, 9.17) is 0 Å². The zero-order valence-corrected chi connectivity index (χ0v) is 15.8. The molecule has 0 aliphatic heterocycles. The Morgan fingerprint density at radius 1 is 1.21 bits per heavy atom. The van der Waals surface area contributed by atoms with Crippen molar-refractivity contribution in [2.24, 2.45) is 0 Å². The van der Waals surface area contributed by atoms with E-state index in [9.17, 15) is 18.8 Å².